The highest BCUT2D eigenvalue weighted by molar-refractivity contribution is 7.20. The molecule has 0 fully saturated rings. The molecule has 0 atom stereocenters. The van der Waals surface area contributed by atoms with Crippen molar-refractivity contribution in [2.24, 2.45) is 0 Å². The summed E-state index contributed by atoms with van der Waals surface area (Å²) in [7, 11) is 0. The van der Waals surface area contributed by atoms with Crippen LogP contribution in [-0.4, -0.2) is 15.9 Å². The highest BCUT2D eigenvalue weighted by atomic mass is 32.1. The van der Waals surface area contributed by atoms with Crippen LogP contribution in [0.25, 0.3) is 21.1 Å². The molecule has 0 radical (unpaired) electrons. The van der Waals surface area contributed by atoms with Crippen molar-refractivity contribution in [1.29, 1.82) is 0 Å². The number of benzene rings is 1. The van der Waals surface area contributed by atoms with Crippen LogP contribution in [0, 0.1) is 0 Å². The number of rotatable bonds is 7. The van der Waals surface area contributed by atoms with Crippen LogP contribution >= 0.6 is 34.0 Å². The first-order valence-corrected chi connectivity index (χ1v) is 11.7. The molecule has 142 valence electrons. The molecule has 0 aliphatic rings. The minimum Gasteiger partial charge on any atom is -0.302 e. The molecule has 1 N–H and O–H groups in total. The molecule has 4 aromatic rings. The SMILES string of the molecule is CCCc1ccc(-c2csc(NC(=O)Cc3csc(-c4cccs4)n3)n2)cc1. The maximum atomic E-state index is 12.4. The molecular formula is C21H19N3OS3. The second-order valence-corrected chi connectivity index (χ2v) is 8.99. The van der Waals surface area contributed by atoms with Gasteiger partial charge in [-0.3, -0.25) is 4.79 Å². The monoisotopic (exact) mass is 425 g/mol. The molecule has 0 unspecified atom stereocenters. The van der Waals surface area contributed by atoms with Gasteiger partial charge in [0.15, 0.2) is 5.13 Å². The number of hydrogen-bond donors (Lipinski definition) is 1. The zero-order valence-corrected chi connectivity index (χ0v) is 17.8. The van der Waals surface area contributed by atoms with Gasteiger partial charge in [0.25, 0.3) is 0 Å². The van der Waals surface area contributed by atoms with E-state index in [1.165, 1.54) is 16.9 Å². The minimum atomic E-state index is -0.0952. The summed E-state index contributed by atoms with van der Waals surface area (Å²) < 4.78 is 0. The van der Waals surface area contributed by atoms with Crippen LogP contribution < -0.4 is 5.32 Å². The van der Waals surface area contributed by atoms with Crippen LogP contribution in [0.15, 0.2) is 52.5 Å². The van der Waals surface area contributed by atoms with Gasteiger partial charge < -0.3 is 5.32 Å². The molecule has 0 aliphatic carbocycles. The van der Waals surface area contributed by atoms with Gasteiger partial charge in [0, 0.05) is 16.3 Å². The number of anilines is 1. The summed E-state index contributed by atoms with van der Waals surface area (Å²) in [5.41, 5.74) is 4.07. The Labute approximate surface area is 175 Å². The van der Waals surface area contributed by atoms with Crippen molar-refractivity contribution in [3.05, 3.63) is 63.8 Å². The van der Waals surface area contributed by atoms with E-state index in [0.29, 0.717) is 5.13 Å². The van der Waals surface area contributed by atoms with E-state index >= 15 is 0 Å². The summed E-state index contributed by atoms with van der Waals surface area (Å²) in [6.45, 7) is 2.18. The smallest absolute Gasteiger partial charge is 0.232 e. The van der Waals surface area contributed by atoms with Gasteiger partial charge in [-0.15, -0.1) is 34.0 Å². The molecule has 3 heterocycles. The largest absolute Gasteiger partial charge is 0.302 e. The van der Waals surface area contributed by atoms with Crippen LogP contribution in [0.5, 0.6) is 0 Å². The fraction of sp³-hybridized carbons (Fsp3) is 0.190. The Morgan fingerprint density at radius 2 is 1.89 bits per heavy atom. The number of aryl methyl sites for hydroxylation is 1. The molecule has 3 aromatic heterocycles. The number of hydrogen-bond acceptors (Lipinski definition) is 6. The molecule has 28 heavy (non-hydrogen) atoms. The third-order valence-corrected chi connectivity index (χ3v) is 6.85. The van der Waals surface area contributed by atoms with Crippen LogP contribution in [0.4, 0.5) is 5.13 Å². The summed E-state index contributed by atoms with van der Waals surface area (Å²) in [4.78, 5) is 22.6. The Morgan fingerprint density at radius 1 is 1.04 bits per heavy atom. The lowest BCUT2D eigenvalue weighted by Gasteiger charge is -2.01. The molecule has 7 heteroatoms. The van der Waals surface area contributed by atoms with E-state index in [1.54, 1.807) is 22.7 Å². The maximum Gasteiger partial charge on any atom is 0.232 e. The zero-order chi connectivity index (χ0) is 19.3. The Kier molecular flexibility index (Phi) is 5.95. The number of carbonyl (C=O) groups excluding carboxylic acids is 1. The number of thiazole rings is 2. The van der Waals surface area contributed by atoms with Crippen LogP contribution in [0.3, 0.4) is 0 Å². The van der Waals surface area contributed by atoms with E-state index in [-0.39, 0.29) is 12.3 Å². The van der Waals surface area contributed by atoms with Crippen LogP contribution in [0.1, 0.15) is 24.6 Å². The predicted octanol–water partition coefficient (Wildman–Crippen LogP) is 6.13. The van der Waals surface area contributed by atoms with Gasteiger partial charge in [-0.05, 0) is 23.4 Å². The first kappa shape index (κ1) is 19.0. The average Bonchev–Trinajstić information content (AvgIpc) is 3.44. The van der Waals surface area contributed by atoms with Gasteiger partial charge in [-0.1, -0.05) is 43.7 Å². The molecule has 4 rings (SSSR count). The van der Waals surface area contributed by atoms with Gasteiger partial charge in [0.05, 0.1) is 22.7 Å². The predicted molar refractivity (Wildman–Crippen MR) is 119 cm³/mol. The lowest BCUT2D eigenvalue weighted by molar-refractivity contribution is -0.115. The van der Waals surface area contributed by atoms with Crippen molar-refractivity contribution in [2.45, 2.75) is 26.2 Å². The van der Waals surface area contributed by atoms with E-state index in [4.69, 9.17) is 0 Å². The zero-order valence-electron chi connectivity index (χ0n) is 15.3. The van der Waals surface area contributed by atoms with Crippen molar-refractivity contribution in [3.63, 3.8) is 0 Å². The van der Waals surface area contributed by atoms with Gasteiger partial charge in [0.2, 0.25) is 5.91 Å². The third-order valence-electron chi connectivity index (χ3n) is 4.16. The summed E-state index contributed by atoms with van der Waals surface area (Å²) >= 11 is 4.66. The van der Waals surface area contributed by atoms with E-state index < -0.39 is 0 Å². The second kappa shape index (κ2) is 8.77. The molecule has 0 aliphatic heterocycles. The molecule has 0 saturated heterocycles. The number of thiophene rings is 1. The Balaban J connectivity index is 1.37. The molecule has 0 bridgehead atoms. The first-order valence-electron chi connectivity index (χ1n) is 9.04. The van der Waals surface area contributed by atoms with Crippen molar-refractivity contribution in [2.75, 3.05) is 5.32 Å². The number of aromatic nitrogens is 2. The maximum absolute atomic E-state index is 12.4. The molecular weight excluding hydrogens is 406 g/mol. The van der Waals surface area contributed by atoms with Crippen LogP contribution in [-0.2, 0) is 17.6 Å². The van der Waals surface area contributed by atoms with E-state index in [2.05, 4.69) is 46.5 Å². The molecule has 4 nitrogen and oxygen atoms in total. The van der Waals surface area contributed by atoms with E-state index in [1.807, 2.05) is 28.3 Å². The van der Waals surface area contributed by atoms with Gasteiger partial charge >= 0.3 is 0 Å². The molecule has 0 spiro atoms. The minimum absolute atomic E-state index is 0.0952. The number of carbonyl (C=O) groups is 1. The van der Waals surface area contributed by atoms with Gasteiger partial charge in [-0.2, -0.15) is 0 Å². The summed E-state index contributed by atoms with van der Waals surface area (Å²) in [5, 5.41) is 10.4. The quantitative estimate of drug-likeness (QED) is 0.387. The number of amides is 1. The van der Waals surface area contributed by atoms with Crippen molar-refractivity contribution < 1.29 is 4.79 Å². The fourth-order valence-corrected chi connectivity index (χ4v) is 5.19. The van der Waals surface area contributed by atoms with Crippen molar-refractivity contribution in [1.82, 2.24) is 9.97 Å². The Hall–Kier alpha value is -2.35. The highest BCUT2D eigenvalue weighted by Gasteiger charge is 2.12. The lowest BCUT2D eigenvalue weighted by Crippen LogP contribution is -2.14. The highest BCUT2D eigenvalue weighted by Crippen LogP contribution is 2.28. The summed E-state index contributed by atoms with van der Waals surface area (Å²) in [5.74, 6) is -0.0952. The van der Waals surface area contributed by atoms with Crippen molar-refractivity contribution >= 4 is 45.0 Å². The topological polar surface area (TPSA) is 54.9 Å². The Bertz CT molecular complexity index is 1050. The van der Waals surface area contributed by atoms with Gasteiger partial charge in [-0.25, -0.2) is 9.97 Å². The van der Waals surface area contributed by atoms with Gasteiger partial charge in [0.1, 0.15) is 5.01 Å². The van der Waals surface area contributed by atoms with Crippen molar-refractivity contribution in [3.8, 4) is 21.1 Å². The normalized spacial score (nSPS) is 10.9. The summed E-state index contributed by atoms with van der Waals surface area (Å²) in [6, 6.07) is 12.5. The molecule has 0 saturated carbocycles. The van der Waals surface area contributed by atoms with Crippen LogP contribution in [0.2, 0.25) is 0 Å². The molecule has 1 amide bonds. The standard InChI is InChI=1S/C21H19N3OS3/c1-2-4-14-6-8-15(9-7-14)17-13-28-21(23-17)24-19(25)11-16-12-27-20(22-16)18-5-3-10-26-18/h3,5-10,12-13H,2,4,11H2,1H3,(H,23,24,25). The second-order valence-electron chi connectivity index (χ2n) is 6.33. The average molecular weight is 426 g/mol. The molecule has 1 aromatic carbocycles. The van der Waals surface area contributed by atoms with E-state index in [0.717, 1.165) is 39.7 Å². The number of nitrogens with zero attached hydrogens (tertiary/aromatic N) is 2. The number of nitrogens with one attached hydrogen (secondary N) is 1. The fourth-order valence-electron chi connectivity index (χ4n) is 2.82. The third kappa shape index (κ3) is 4.55. The Morgan fingerprint density at radius 3 is 2.64 bits per heavy atom. The van der Waals surface area contributed by atoms with E-state index in [9.17, 15) is 4.79 Å². The lowest BCUT2D eigenvalue weighted by atomic mass is 10.1. The first-order chi connectivity index (χ1) is 13.7. The summed E-state index contributed by atoms with van der Waals surface area (Å²) in [6.07, 6.45) is 2.48.